The second-order valence-corrected chi connectivity index (χ2v) is 7.43. The first-order chi connectivity index (χ1) is 13.4. The Balaban J connectivity index is 0.000000281. The molecule has 0 aliphatic rings. The maximum Gasteiger partial charge on any atom is 0.0991 e. The Labute approximate surface area is 200 Å². The minimum atomic E-state index is 0. The second kappa shape index (κ2) is 11.3. The van der Waals surface area contributed by atoms with Gasteiger partial charge in [-0.25, -0.2) is 9.97 Å². The van der Waals surface area contributed by atoms with Gasteiger partial charge in [-0.1, -0.05) is 35.4 Å². The summed E-state index contributed by atoms with van der Waals surface area (Å²) in [5.74, 6) is 0. The van der Waals surface area contributed by atoms with E-state index in [0.717, 1.165) is 0 Å². The Morgan fingerprint density at radius 3 is 1.07 bits per heavy atom. The highest BCUT2D eigenvalue weighted by Gasteiger charge is 2.05. The van der Waals surface area contributed by atoms with E-state index >= 15 is 0 Å². The molecule has 4 rings (SSSR count). The number of nitrogens with zero attached hydrogens (tertiary/aromatic N) is 4. The molecular formula is C24H30Br2N4. The monoisotopic (exact) mass is 532 g/mol. The summed E-state index contributed by atoms with van der Waals surface area (Å²) in [5.41, 5.74) is 10.3. The molecule has 0 N–H and O–H groups in total. The van der Waals surface area contributed by atoms with Crippen molar-refractivity contribution in [2.45, 2.75) is 41.5 Å². The van der Waals surface area contributed by atoms with Crippen LogP contribution in [0.3, 0.4) is 0 Å². The van der Waals surface area contributed by atoms with Gasteiger partial charge in [-0.3, -0.25) is 0 Å². The summed E-state index contributed by atoms with van der Waals surface area (Å²) in [6.45, 7) is 12.8. The van der Waals surface area contributed by atoms with Gasteiger partial charge in [0.15, 0.2) is 0 Å². The molecule has 30 heavy (non-hydrogen) atoms. The van der Waals surface area contributed by atoms with E-state index in [1.807, 2.05) is 25.0 Å². The maximum atomic E-state index is 4.07. The fraction of sp³-hybridized carbons (Fsp3) is 0.250. The number of hydrogen-bond acceptors (Lipinski definition) is 2. The Kier molecular flexibility index (Phi) is 9.72. The molecule has 0 aliphatic heterocycles. The van der Waals surface area contributed by atoms with Crippen molar-refractivity contribution in [3.8, 4) is 11.4 Å². The molecule has 0 aliphatic carbocycles. The molecule has 2 aromatic carbocycles. The molecule has 0 saturated heterocycles. The summed E-state index contributed by atoms with van der Waals surface area (Å²) in [5, 5.41) is 0. The summed E-state index contributed by atoms with van der Waals surface area (Å²) in [4.78, 5) is 8.13. The van der Waals surface area contributed by atoms with E-state index in [4.69, 9.17) is 0 Å². The number of hydrogen-bond donors (Lipinski definition) is 0. The zero-order valence-electron chi connectivity index (χ0n) is 18.4. The first kappa shape index (κ1) is 25.9. The zero-order valence-corrected chi connectivity index (χ0v) is 21.8. The summed E-state index contributed by atoms with van der Waals surface area (Å²) in [6.07, 6.45) is 11.2. The van der Waals surface area contributed by atoms with Crippen LogP contribution in [-0.4, -0.2) is 19.1 Å². The lowest BCUT2D eigenvalue weighted by atomic mass is 10.1. The largest absolute Gasteiger partial charge is 0.306 e. The second-order valence-electron chi connectivity index (χ2n) is 7.43. The van der Waals surface area contributed by atoms with Crippen molar-refractivity contribution in [2.24, 2.45) is 0 Å². The van der Waals surface area contributed by atoms with E-state index in [1.165, 1.54) is 44.8 Å². The van der Waals surface area contributed by atoms with Crippen LogP contribution in [0.1, 0.15) is 33.4 Å². The van der Waals surface area contributed by atoms with E-state index in [9.17, 15) is 0 Å². The number of rotatable bonds is 2. The standard InChI is InChI=1S/2C12H14N2.2BrH/c2*1-9-6-10(2)12(11(3)7-9)14-5-4-13-8-14;;/h2*4-8H,1-3H3;2*1H. The third-order valence-electron chi connectivity index (χ3n) is 4.80. The van der Waals surface area contributed by atoms with Crippen molar-refractivity contribution in [3.05, 3.63) is 95.1 Å². The fourth-order valence-electron chi connectivity index (χ4n) is 3.94. The molecule has 0 spiro atoms. The average molecular weight is 534 g/mol. The van der Waals surface area contributed by atoms with Crippen LogP contribution in [0.4, 0.5) is 0 Å². The maximum absolute atomic E-state index is 4.07. The van der Waals surface area contributed by atoms with Crippen LogP contribution >= 0.6 is 34.0 Å². The highest BCUT2D eigenvalue weighted by molar-refractivity contribution is 8.93. The number of halogens is 2. The Morgan fingerprint density at radius 2 is 0.833 bits per heavy atom. The van der Waals surface area contributed by atoms with Gasteiger partial charge in [0, 0.05) is 24.8 Å². The van der Waals surface area contributed by atoms with Crippen molar-refractivity contribution in [3.63, 3.8) is 0 Å². The van der Waals surface area contributed by atoms with E-state index < -0.39 is 0 Å². The van der Waals surface area contributed by atoms with Crippen LogP contribution in [0.25, 0.3) is 11.4 Å². The normalized spacial score (nSPS) is 9.80. The minimum Gasteiger partial charge on any atom is -0.306 e. The van der Waals surface area contributed by atoms with Crippen molar-refractivity contribution in [2.75, 3.05) is 0 Å². The average Bonchev–Trinajstić information content (AvgIpc) is 3.27. The van der Waals surface area contributed by atoms with Gasteiger partial charge in [-0.05, 0) is 63.8 Å². The minimum absolute atomic E-state index is 0. The van der Waals surface area contributed by atoms with Crippen molar-refractivity contribution < 1.29 is 0 Å². The number of aryl methyl sites for hydroxylation is 6. The number of benzene rings is 2. The van der Waals surface area contributed by atoms with Gasteiger partial charge in [0.1, 0.15) is 0 Å². The molecule has 0 fully saturated rings. The van der Waals surface area contributed by atoms with Crippen LogP contribution in [0, 0.1) is 41.5 Å². The zero-order chi connectivity index (χ0) is 20.3. The topological polar surface area (TPSA) is 35.6 Å². The molecule has 0 unspecified atom stereocenters. The summed E-state index contributed by atoms with van der Waals surface area (Å²) < 4.78 is 4.12. The molecule has 0 saturated carbocycles. The number of imidazole rings is 2. The van der Waals surface area contributed by atoms with Gasteiger partial charge >= 0.3 is 0 Å². The van der Waals surface area contributed by atoms with Gasteiger partial charge in [0.25, 0.3) is 0 Å². The predicted octanol–water partition coefficient (Wildman–Crippen LogP) is 6.75. The Morgan fingerprint density at radius 1 is 0.533 bits per heavy atom. The molecule has 2 heterocycles. The van der Waals surface area contributed by atoms with Gasteiger partial charge in [-0.2, -0.15) is 0 Å². The van der Waals surface area contributed by atoms with Crippen molar-refractivity contribution >= 4 is 34.0 Å². The number of aromatic nitrogens is 4. The van der Waals surface area contributed by atoms with E-state index in [1.54, 1.807) is 12.4 Å². The van der Waals surface area contributed by atoms with Crippen LogP contribution in [0.2, 0.25) is 0 Å². The molecule has 2 aromatic heterocycles. The smallest absolute Gasteiger partial charge is 0.0991 e. The highest BCUT2D eigenvalue weighted by Crippen LogP contribution is 2.21. The molecule has 0 amide bonds. The van der Waals surface area contributed by atoms with Crippen molar-refractivity contribution in [1.82, 2.24) is 19.1 Å². The molecular weight excluding hydrogens is 504 g/mol. The van der Waals surface area contributed by atoms with Gasteiger partial charge < -0.3 is 9.13 Å². The van der Waals surface area contributed by atoms with E-state index in [2.05, 4.69) is 84.9 Å². The molecule has 0 atom stereocenters. The molecule has 0 radical (unpaired) electrons. The first-order valence-electron chi connectivity index (χ1n) is 9.49. The lowest BCUT2D eigenvalue weighted by Crippen LogP contribution is -1.98. The fourth-order valence-corrected chi connectivity index (χ4v) is 3.94. The quantitative estimate of drug-likeness (QED) is 0.285. The molecule has 6 heteroatoms. The van der Waals surface area contributed by atoms with Crippen LogP contribution in [0.5, 0.6) is 0 Å². The Bertz CT molecular complexity index is 935. The first-order valence-corrected chi connectivity index (χ1v) is 9.49. The lowest BCUT2D eigenvalue weighted by Gasteiger charge is -2.11. The van der Waals surface area contributed by atoms with Gasteiger partial charge in [0.05, 0.1) is 24.0 Å². The summed E-state index contributed by atoms with van der Waals surface area (Å²) >= 11 is 0. The molecule has 4 aromatic rings. The lowest BCUT2D eigenvalue weighted by molar-refractivity contribution is 1.02. The van der Waals surface area contributed by atoms with Crippen LogP contribution < -0.4 is 0 Å². The van der Waals surface area contributed by atoms with E-state index in [0.29, 0.717) is 0 Å². The van der Waals surface area contributed by atoms with E-state index in [-0.39, 0.29) is 34.0 Å². The predicted molar refractivity (Wildman–Crippen MR) is 136 cm³/mol. The van der Waals surface area contributed by atoms with Crippen LogP contribution in [-0.2, 0) is 0 Å². The molecule has 4 nitrogen and oxygen atoms in total. The van der Waals surface area contributed by atoms with Gasteiger partial charge in [0.2, 0.25) is 0 Å². The van der Waals surface area contributed by atoms with Crippen LogP contribution in [0.15, 0.2) is 61.7 Å². The third kappa shape index (κ3) is 5.92. The van der Waals surface area contributed by atoms with Gasteiger partial charge in [-0.15, -0.1) is 34.0 Å². The molecule has 0 bridgehead atoms. The summed E-state index contributed by atoms with van der Waals surface area (Å²) in [6, 6.07) is 8.79. The van der Waals surface area contributed by atoms with Crippen molar-refractivity contribution in [1.29, 1.82) is 0 Å². The highest BCUT2D eigenvalue weighted by atomic mass is 79.9. The third-order valence-corrected chi connectivity index (χ3v) is 4.80. The SMILES string of the molecule is Br.Br.Cc1cc(C)c(-n2ccnc2)c(C)c1.Cc1cc(C)c(-n2ccnc2)c(C)c1. The Hall–Kier alpha value is -2.18. The summed E-state index contributed by atoms with van der Waals surface area (Å²) in [7, 11) is 0. The molecule has 160 valence electrons.